The summed E-state index contributed by atoms with van der Waals surface area (Å²) in [6.07, 6.45) is 3.60. The minimum Gasteiger partial charge on any atom is -0.354 e. The number of hydrazine groups is 1. The normalized spacial score (nSPS) is 22.8. The molecular weight excluding hydrogens is 268 g/mol. The van der Waals surface area contributed by atoms with E-state index in [0.717, 1.165) is 32.7 Å². The Balaban J connectivity index is 1.67. The molecule has 0 amide bonds. The molecule has 0 radical (unpaired) electrons. The van der Waals surface area contributed by atoms with Crippen molar-refractivity contribution in [2.24, 2.45) is 11.8 Å². The Morgan fingerprint density at radius 3 is 2.57 bits per heavy atom. The zero-order chi connectivity index (χ0) is 14.7. The molecule has 8 heteroatoms. The zero-order valence-corrected chi connectivity index (χ0v) is 12.5. The van der Waals surface area contributed by atoms with Gasteiger partial charge in [0.05, 0.1) is 0 Å². The van der Waals surface area contributed by atoms with Gasteiger partial charge in [-0.3, -0.25) is 5.43 Å². The maximum absolute atomic E-state index is 5.47. The number of hydrogen-bond donors (Lipinski definition) is 3. The van der Waals surface area contributed by atoms with Crippen LogP contribution in [0.4, 0.5) is 17.8 Å². The summed E-state index contributed by atoms with van der Waals surface area (Å²) >= 11 is 0. The van der Waals surface area contributed by atoms with Crippen LogP contribution in [0.2, 0.25) is 0 Å². The zero-order valence-electron chi connectivity index (χ0n) is 12.5. The average Bonchev–Trinajstić information content (AvgIpc) is 3.16. The molecule has 1 aromatic rings. The molecule has 1 atom stereocenters. The summed E-state index contributed by atoms with van der Waals surface area (Å²) in [5, 5.41) is 3.33. The molecule has 2 fully saturated rings. The number of rotatable bonds is 5. The lowest BCUT2D eigenvalue weighted by molar-refractivity contribution is 0.399. The minimum absolute atomic E-state index is 0.415. The summed E-state index contributed by atoms with van der Waals surface area (Å²) in [6, 6.07) is 0. The first-order valence-corrected chi connectivity index (χ1v) is 7.64. The number of nitrogens with two attached hydrogens (primary N) is 1. The lowest BCUT2D eigenvalue weighted by atomic mass is 10.1. The first-order chi connectivity index (χ1) is 10.2. The predicted octanol–water partition coefficient (Wildman–Crippen LogP) is 0.121. The number of nitrogen functional groups attached to an aromatic ring is 1. The van der Waals surface area contributed by atoms with E-state index < -0.39 is 0 Å². The van der Waals surface area contributed by atoms with E-state index in [1.165, 1.54) is 19.3 Å². The van der Waals surface area contributed by atoms with Crippen molar-refractivity contribution < 1.29 is 0 Å². The maximum atomic E-state index is 5.47. The van der Waals surface area contributed by atoms with Crippen LogP contribution in [0.1, 0.15) is 19.3 Å². The summed E-state index contributed by atoms with van der Waals surface area (Å²) in [5.74, 6) is 7.85. The third kappa shape index (κ3) is 3.51. The first kappa shape index (κ1) is 14.3. The largest absolute Gasteiger partial charge is 0.354 e. The first-order valence-electron chi connectivity index (χ1n) is 7.64. The molecule has 2 aliphatic rings. The van der Waals surface area contributed by atoms with E-state index in [0.29, 0.717) is 23.8 Å². The smallest absolute Gasteiger partial charge is 0.243 e. The van der Waals surface area contributed by atoms with Gasteiger partial charge in [0, 0.05) is 26.2 Å². The van der Waals surface area contributed by atoms with Crippen molar-refractivity contribution in [1.29, 1.82) is 0 Å². The van der Waals surface area contributed by atoms with Gasteiger partial charge in [-0.15, -0.1) is 0 Å². The van der Waals surface area contributed by atoms with E-state index in [-0.39, 0.29) is 0 Å². The number of hydrogen-bond acceptors (Lipinski definition) is 8. The van der Waals surface area contributed by atoms with E-state index in [9.17, 15) is 0 Å². The lowest BCUT2D eigenvalue weighted by Gasteiger charge is -2.17. The van der Waals surface area contributed by atoms with Crippen LogP contribution in [0.3, 0.4) is 0 Å². The number of nitrogens with one attached hydrogen (secondary N) is 2. The Hall–Kier alpha value is -1.67. The van der Waals surface area contributed by atoms with Gasteiger partial charge in [0.1, 0.15) is 0 Å². The molecule has 4 N–H and O–H groups in total. The monoisotopic (exact) mass is 292 g/mol. The molecule has 116 valence electrons. The quantitative estimate of drug-likeness (QED) is 0.520. The highest BCUT2D eigenvalue weighted by Crippen LogP contribution is 2.19. The maximum Gasteiger partial charge on any atom is 0.243 e. The summed E-state index contributed by atoms with van der Waals surface area (Å²) < 4.78 is 0. The van der Waals surface area contributed by atoms with Crippen molar-refractivity contribution in [3.05, 3.63) is 0 Å². The van der Waals surface area contributed by atoms with Crippen LogP contribution in [0.15, 0.2) is 0 Å². The highest BCUT2D eigenvalue weighted by Gasteiger charge is 2.20. The van der Waals surface area contributed by atoms with E-state index in [1.54, 1.807) is 0 Å². The van der Waals surface area contributed by atoms with Gasteiger partial charge in [-0.25, -0.2) is 5.84 Å². The second-order valence-electron chi connectivity index (χ2n) is 5.92. The van der Waals surface area contributed by atoms with Crippen LogP contribution >= 0.6 is 0 Å². The van der Waals surface area contributed by atoms with Gasteiger partial charge < -0.3 is 15.1 Å². The Morgan fingerprint density at radius 1 is 1.14 bits per heavy atom. The molecule has 21 heavy (non-hydrogen) atoms. The topological polar surface area (TPSA) is 95.2 Å². The van der Waals surface area contributed by atoms with E-state index in [4.69, 9.17) is 5.84 Å². The van der Waals surface area contributed by atoms with Gasteiger partial charge in [0.15, 0.2) is 0 Å². The van der Waals surface area contributed by atoms with Crippen LogP contribution < -0.4 is 21.5 Å². The molecule has 0 bridgehead atoms. The van der Waals surface area contributed by atoms with Crippen molar-refractivity contribution in [3.8, 4) is 0 Å². The Morgan fingerprint density at radius 2 is 1.90 bits per heavy atom. The van der Waals surface area contributed by atoms with Gasteiger partial charge in [0.2, 0.25) is 17.8 Å². The molecule has 2 aliphatic heterocycles. The van der Waals surface area contributed by atoms with Crippen molar-refractivity contribution in [3.63, 3.8) is 0 Å². The van der Waals surface area contributed by atoms with E-state index in [2.05, 4.69) is 42.5 Å². The molecule has 2 saturated heterocycles. The molecule has 3 rings (SSSR count). The van der Waals surface area contributed by atoms with Crippen LogP contribution in [0, 0.1) is 5.92 Å². The van der Waals surface area contributed by atoms with Gasteiger partial charge in [-0.1, -0.05) is 0 Å². The van der Waals surface area contributed by atoms with Crippen LogP contribution in [0.5, 0.6) is 0 Å². The summed E-state index contributed by atoms with van der Waals surface area (Å²) in [5.41, 5.74) is 2.53. The number of nitrogens with zero attached hydrogens (tertiary/aromatic N) is 5. The summed E-state index contributed by atoms with van der Waals surface area (Å²) in [4.78, 5) is 17.7. The Bertz CT molecular complexity index is 473. The minimum atomic E-state index is 0.415. The second-order valence-corrected chi connectivity index (χ2v) is 5.92. The van der Waals surface area contributed by atoms with Gasteiger partial charge in [-0.05, 0) is 38.8 Å². The van der Waals surface area contributed by atoms with Crippen molar-refractivity contribution in [2.75, 3.05) is 55.4 Å². The second kappa shape index (κ2) is 6.40. The van der Waals surface area contributed by atoms with Crippen molar-refractivity contribution in [1.82, 2.24) is 19.9 Å². The van der Waals surface area contributed by atoms with Crippen molar-refractivity contribution in [2.45, 2.75) is 19.3 Å². The van der Waals surface area contributed by atoms with Gasteiger partial charge in [0.25, 0.3) is 0 Å². The standard InChI is InChI=1S/C13H24N8/c1-20-7-4-10(9-20)8-15-11-16-12(19-14)18-13(17-11)21-5-2-3-6-21/h10H,2-9,14H2,1H3,(H2,15,16,17,18,19). The van der Waals surface area contributed by atoms with E-state index >= 15 is 0 Å². The fraction of sp³-hybridized carbons (Fsp3) is 0.769. The molecule has 3 heterocycles. The third-order valence-electron chi connectivity index (χ3n) is 4.18. The summed E-state index contributed by atoms with van der Waals surface area (Å²) in [7, 11) is 2.16. The average molecular weight is 292 g/mol. The Labute approximate surface area is 125 Å². The molecule has 0 aromatic carbocycles. The highest BCUT2D eigenvalue weighted by atomic mass is 15.4. The third-order valence-corrected chi connectivity index (χ3v) is 4.18. The molecule has 1 unspecified atom stereocenters. The lowest BCUT2D eigenvalue weighted by Crippen LogP contribution is -2.24. The molecule has 0 saturated carbocycles. The van der Waals surface area contributed by atoms with Gasteiger partial charge in [-0.2, -0.15) is 15.0 Å². The molecular formula is C13H24N8. The van der Waals surface area contributed by atoms with Crippen LogP contribution in [-0.2, 0) is 0 Å². The summed E-state index contributed by atoms with van der Waals surface area (Å²) in [6.45, 7) is 5.18. The molecule has 8 nitrogen and oxygen atoms in total. The van der Waals surface area contributed by atoms with E-state index in [1.807, 2.05) is 0 Å². The number of anilines is 3. The molecule has 0 aliphatic carbocycles. The fourth-order valence-electron chi connectivity index (χ4n) is 3.00. The molecule has 0 spiro atoms. The fourth-order valence-corrected chi connectivity index (χ4v) is 3.00. The van der Waals surface area contributed by atoms with Crippen LogP contribution in [0.25, 0.3) is 0 Å². The number of aromatic nitrogens is 3. The molecule has 1 aromatic heterocycles. The van der Waals surface area contributed by atoms with Gasteiger partial charge >= 0.3 is 0 Å². The predicted molar refractivity (Wildman–Crippen MR) is 83.2 cm³/mol. The highest BCUT2D eigenvalue weighted by molar-refractivity contribution is 5.43. The van der Waals surface area contributed by atoms with Crippen molar-refractivity contribution >= 4 is 17.8 Å². The van der Waals surface area contributed by atoms with Crippen LogP contribution in [-0.4, -0.2) is 59.6 Å². The Kier molecular flexibility index (Phi) is 4.35. The number of likely N-dealkylation sites (tertiary alicyclic amines) is 1. The SMILES string of the molecule is CN1CCC(CNc2nc(NN)nc(N3CCCC3)n2)C1.